The summed E-state index contributed by atoms with van der Waals surface area (Å²) in [6, 6.07) is 9.09. The molecule has 2 saturated heterocycles. The second kappa shape index (κ2) is 13.8. The van der Waals surface area contributed by atoms with Gasteiger partial charge in [0.05, 0.1) is 34.9 Å². The zero-order valence-electron chi connectivity index (χ0n) is 25.4. The third-order valence-corrected chi connectivity index (χ3v) is 8.72. The SMILES string of the molecule is N#CCOc1ccc(-c2cnc3c(Nc4ccc(C(=O)N5CCN(C(=O)CN6CCC(C(=O)O)C6)CC5)c(Cl)c4)nccn23)c(F)c1F. The first kappa shape index (κ1) is 32.6. The van der Waals surface area contributed by atoms with Gasteiger partial charge in [-0.05, 0) is 43.3 Å². The van der Waals surface area contributed by atoms with Crippen LogP contribution >= 0.6 is 11.6 Å². The fourth-order valence-corrected chi connectivity index (χ4v) is 6.12. The van der Waals surface area contributed by atoms with Gasteiger partial charge in [0.2, 0.25) is 11.7 Å². The fraction of sp³-hybridized carbons (Fsp3) is 0.312. The number of nitrogens with one attached hydrogen (secondary N) is 1. The Bertz CT molecular complexity index is 1940. The van der Waals surface area contributed by atoms with Crippen molar-refractivity contribution in [1.29, 1.82) is 5.26 Å². The zero-order chi connectivity index (χ0) is 33.9. The van der Waals surface area contributed by atoms with E-state index in [1.807, 2.05) is 4.90 Å². The average molecular weight is 679 g/mol. The number of aromatic nitrogens is 3. The predicted molar refractivity (Wildman–Crippen MR) is 169 cm³/mol. The molecule has 1 atom stereocenters. The fourth-order valence-electron chi connectivity index (χ4n) is 5.86. The van der Waals surface area contributed by atoms with Crippen molar-refractivity contribution in [1.82, 2.24) is 29.1 Å². The van der Waals surface area contributed by atoms with E-state index >= 15 is 0 Å². The van der Waals surface area contributed by atoms with E-state index in [0.717, 1.165) is 0 Å². The van der Waals surface area contributed by atoms with Gasteiger partial charge < -0.3 is 25.0 Å². The van der Waals surface area contributed by atoms with E-state index in [-0.39, 0.29) is 46.0 Å². The maximum Gasteiger partial charge on any atom is 0.307 e. The number of anilines is 2. The maximum atomic E-state index is 15.0. The van der Waals surface area contributed by atoms with E-state index in [0.29, 0.717) is 62.8 Å². The van der Waals surface area contributed by atoms with Crippen LogP contribution in [-0.2, 0) is 9.59 Å². The molecule has 13 nitrogen and oxygen atoms in total. The standard InChI is InChI=1S/C32H29ClF2N8O5/c33-23-15-20(1-2-21(23)31(45)42-12-10-41(11-13-42)26(44)18-40-8-5-19(17-40)32(46)47)39-29-30-38-16-24(43(30)9-7-37-29)22-3-4-25(48-14-6-36)28(35)27(22)34/h1-4,7,9,15-16,19H,5,8,10-14,17-18H2,(H,37,39)(H,46,47). The molecule has 248 valence electrons. The summed E-state index contributed by atoms with van der Waals surface area (Å²) in [6.07, 6.45) is 4.90. The molecule has 2 N–H and O–H groups in total. The molecule has 2 aromatic carbocycles. The third kappa shape index (κ3) is 6.57. The first-order chi connectivity index (χ1) is 23.1. The van der Waals surface area contributed by atoms with Crippen molar-refractivity contribution in [2.75, 3.05) is 57.7 Å². The van der Waals surface area contributed by atoms with Crippen LogP contribution in [0.3, 0.4) is 0 Å². The minimum absolute atomic E-state index is 0.0713. The number of benzene rings is 2. The Labute approximate surface area is 277 Å². The van der Waals surface area contributed by atoms with Crippen LogP contribution in [0.2, 0.25) is 5.02 Å². The van der Waals surface area contributed by atoms with Gasteiger partial charge in [0.1, 0.15) is 6.07 Å². The number of aliphatic carboxylic acids is 1. The number of imidazole rings is 1. The highest BCUT2D eigenvalue weighted by molar-refractivity contribution is 6.34. The number of likely N-dealkylation sites (tertiary alicyclic amines) is 1. The first-order valence-electron chi connectivity index (χ1n) is 15.0. The Kier molecular flexibility index (Phi) is 9.37. The Hall–Kier alpha value is -5.33. The Morgan fingerprint density at radius 3 is 2.54 bits per heavy atom. The van der Waals surface area contributed by atoms with Crippen molar-refractivity contribution < 1.29 is 33.0 Å². The van der Waals surface area contributed by atoms with Crippen LogP contribution in [0.1, 0.15) is 16.8 Å². The van der Waals surface area contributed by atoms with E-state index in [1.165, 1.54) is 28.9 Å². The van der Waals surface area contributed by atoms with Gasteiger partial charge in [-0.1, -0.05) is 11.6 Å². The number of piperazine rings is 1. The lowest BCUT2D eigenvalue weighted by atomic mass is 10.1. The zero-order valence-corrected chi connectivity index (χ0v) is 26.2. The van der Waals surface area contributed by atoms with Gasteiger partial charge in [-0.3, -0.25) is 23.7 Å². The molecule has 0 radical (unpaired) electrons. The van der Waals surface area contributed by atoms with Gasteiger partial charge in [-0.2, -0.15) is 9.65 Å². The Balaban J connectivity index is 1.10. The van der Waals surface area contributed by atoms with Crippen LogP contribution in [0.15, 0.2) is 48.9 Å². The summed E-state index contributed by atoms with van der Waals surface area (Å²) in [6.45, 7) is 2.02. The number of carbonyl (C=O) groups excluding carboxylic acids is 2. The number of carbonyl (C=O) groups is 3. The molecule has 48 heavy (non-hydrogen) atoms. The number of halogens is 3. The minimum Gasteiger partial charge on any atom is -0.481 e. The number of nitrogens with zero attached hydrogens (tertiary/aromatic N) is 7. The normalized spacial score (nSPS) is 16.6. The quantitative estimate of drug-likeness (QED) is 0.268. The third-order valence-electron chi connectivity index (χ3n) is 8.41. The summed E-state index contributed by atoms with van der Waals surface area (Å²) >= 11 is 6.55. The molecule has 2 amide bonds. The van der Waals surface area contributed by atoms with Gasteiger partial charge in [-0.15, -0.1) is 0 Å². The number of rotatable bonds is 9. The molecule has 2 aromatic heterocycles. The summed E-state index contributed by atoms with van der Waals surface area (Å²) in [5.74, 6) is -4.13. The number of hydrogen-bond acceptors (Lipinski definition) is 9. The molecule has 4 heterocycles. The summed E-state index contributed by atoms with van der Waals surface area (Å²) in [5.41, 5.74) is 1.28. The minimum atomic E-state index is -1.22. The van der Waals surface area contributed by atoms with E-state index in [1.54, 1.807) is 40.3 Å². The highest BCUT2D eigenvalue weighted by atomic mass is 35.5. The van der Waals surface area contributed by atoms with Crippen LogP contribution in [-0.4, -0.2) is 104 Å². The van der Waals surface area contributed by atoms with Gasteiger partial charge >= 0.3 is 5.97 Å². The van der Waals surface area contributed by atoms with Crippen molar-refractivity contribution in [3.8, 4) is 23.1 Å². The molecule has 2 aliphatic rings. The monoisotopic (exact) mass is 678 g/mol. The lowest BCUT2D eigenvalue weighted by Gasteiger charge is -2.35. The number of ether oxygens (including phenoxy) is 1. The van der Waals surface area contributed by atoms with Crippen LogP contribution in [0, 0.1) is 28.9 Å². The van der Waals surface area contributed by atoms with Crippen molar-refractivity contribution in [3.63, 3.8) is 0 Å². The van der Waals surface area contributed by atoms with E-state index in [9.17, 15) is 28.3 Å². The highest BCUT2D eigenvalue weighted by Gasteiger charge is 2.31. The molecule has 2 aliphatic heterocycles. The van der Waals surface area contributed by atoms with E-state index < -0.39 is 30.1 Å². The van der Waals surface area contributed by atoms with Gasteiger partial charge in [0, 0.05) is 56.4 Å². The van der Waals surface area contributed by atoms with Gasteiger partial charge in [-0.25, -0.2) is 14.4 Å². The van der Waals surface area contributed by atoms with Gasteiger partial charge in [0.25, 0.3) is 5.91 Å². The predicted octanol–water partition coefficient (Wildman–Crippen LogP) is 3.66. The van der Waals surface area contributed by atoms with Crippen LogP contribution in [0.4, 0.5) is 20.3 Å². The molecule has 2 fully saturated rings. The molecule has 0 bridgehead atoms. The number of carboxylic acids is 1. The number of amides is 2. The van der Waals surface area contributed by atoms with Gasteiger partial charge in [0.15, 0.2) is 29.6 Å². The summed E-state index contributed by atoms with van der Waals surface area (Å²) in [5, 5.41) is 21.2. The largest absolute Gasteiger partial charge is 0.481 e. The molecule has 0 spiro atoms. The molecule has 1 unspecified atom stereocenters. The van der Waals surface area contributed by atoms with Crippen molar-refractivity contribution in [3.05, 3.63) is 71.1 Å². The van der Waals surface area contributed by atoms with E-state index in [4.69, 9.17) is 21.6 Å². The molecule has 0 aliphatic carbocycles. The first-order valence-corrected chi connectivity index (χ1v) is 15.4. The van der Waals surface area contributed by atoms with Crippen molar-refractivity contribution in [2.45, 2.75) is 6.42 Å². The molecule has 4 aromatic rings. The van der Waals surface area contributed by atoms with Crippen LogP contribution < -0.4 is 10.1 Å². The summed E-state index contributed by atoms with van der Waals surface area (Å²) in [4.78, 5) is 51.2. The molecular weight excluding hydrogens is 650 g/mol. The van der Waals surface area contributed by atoms with E-state index in [2.05, 4.69) is 15.3 Å². The van der Waals surface area contributed by atoms with Crippen molar-refractivity contribution >= 4 is 46.5 Å². The molecule has 16 heteroatoms. The number of nitriles is 1. The smallest absolute Gasteiger partial charge is 0.307 e. The number of fused-ring (bicyclic) bond motifs is 1. The second-order valence-corrected chi connectivity index (χ2v) is 11.8. The summed E-state index contributed by atoms with van der Waals surface area (Å²) < 4.78 is 36.1. The van der Waals surface area contributed by atoms with Crippen molar-refractivity contribution in [2.24, 2.45) is 5.92 Å². The number of hydrogen-bond donors (Lipinski definition) is 2. The van der Waals surface area contributed by atoms with Crippen LogP contribution in [0.25, 0.3) is 16.9 Å². The summed E-state index contributed by atoms with van der Waals surface area (Å²) in [7, 11) is 0. The molecule has 0 saturated carbocycles. The van der Waals surface area contributed by atoms with Crippen LogP contribution in [0.5, 0.6) is 5.75 Å². The molecular formula is C32H29ClF2N8O5. The lowest BCUT2D eigenvalue weighted by Crippen LogP contribution is -2.52. The second-order valence-electron chi connectivity index (χ2n) is 11.4. The maximum absolute atomic E-state index is 15.0. The topological polar surface area (TPSA) is 156 Å². The average Bonchev–Trinajstić information content (AvgIpc) is 3.74. The number of carboxylic acid groups (broad SMARTS) is 1. The lowest BCUT2D eigenvalue weighted by molar-refractivity contribution is -0.141. The Morgan fingerprint density at radius 2 is 1.83 bits per heavy atom. The highest BCUT2D eigenvalue weighted by Crippen LogP contribution is 2.32. The Morgan fingerprint density at radius 1 is 1.06 bits per heavy atom. The molecule has 6 rings (SSSR count).